The molecule has 3 rings (SSSR count). The summed E-state index contributed by atoms with van der Waals surface area (Å²) < 4.78 is 5.14. The molecule has 1 unspecified atom stereocenters. The van der Waals surface area contributed by atoms with Crippen LogP contribution in [0.5, 0.6) is 0 Å². The SMILES string of the molecule is C=CCN1C(=O)c2ccccc2N2C(C)=C(C(=O)OCC)SC12. The molecule has 0 aromatic heterocycles. The van der Waals surface area contributed by atoms with Gasteiger partial charge in [-0.15, -0.1) is 6.58 Å². The van der Waals surface area contributed by atoms with Crippen molar-refractivity contribution in [3.05, 3.63) is 53.1 Å². The summed E-state index contributed by atoms with van der Waals surface area (Å²) >= 11 is 1.35. The quantitative estimate of drug-likeness (QED) is 0.627. The first-order valence-corrected chi connectivity index (χ1v) is 8.32. The van der Waals surface area contributed by atoms with Crippen LogP contribution in [0.15, 0.2) is 47.5 Å². The monoisotopic (exact) mass is 330 g/mol. The van der Waals surface area contributed by atoms with Crippen molar-refractivity contribution in [1.82, 2.24) is 4.90 Å². The van der Waals surface area contributed by atoms with Crippen LogP contribution in [-0.4, -0.2) is 35.4 Å². The number of carbonyl (C=O) groups is 2. The van der Waals surface area contributed by atoms with Gasteiger partial charge < -0.3 is 14.5 Å². The molecule has 0 fully saturated rings. The van der Waals surface area contributed by atoms with Gasteiger partial charge in [-0.2, -0.15) is 0 Å². The van der Waals surface area contributed by atoms with E-state index < -0.39 is 0 Å². The molecule has 120 valence electrons. The molecular weight excluding hydrogens is 312 g/mol. The second kappa shape index (κ2) is 6.12. The van der Waals surface area contributed by atoms with Gasteiger partial charge in [0.15, 0.2) is 5.50 Å². The van der Waals surface area contributed by atoms with E-state index in [1.165, 1.54) is 11.8 Å². The Hall–Kier alpha value is -2.21. The van der Waals surface area contributed by atoms with Gasteiger partial charge in [0.1, 0.15) is 4.91 Å². The molecule has 0 saturated heterocycles. The van der Waals surface area contributed by atoms with Crippen LogP contribution in [0.1, 0.15) is 24.2 Å². The van der Waals surface area contributed by atoms with Crippen molar-refractivity contribution in [2.45, 2.75) is 19.3 Å². The molecule has 0 saturated carbocycles. The minimum Gasteiger partial charge on any atom is -0.462 e. The number of esters is 1. The lowest BCUT2D eigenvalue weighted by Crippen LogP contribution is -2.51. The van der Waals surface area contributed by atoms with Crippen molar-refractivity contribution >= 4 is 29.3 Å². The van der Waals surface area contributed by atoms with E-state index in [1.807, 2.05) is 36.1 Å². The van der Waals surface area contributed by atoms with Crippen LogP contribution in [-0.2, 0) is 9.53 Å². The third-order valence-electron chi connectivity index (χ3n) is 3.84. The predicted molar refractivity (Wildman–Crippen MR) is 90.9 cm³/mol. The minimum absolute atomic E-state index is 0.0489. The number of thioether (sulfide) groups is 1. The van der Waals surface area contributed by atoms with Crippen LogP contribution in [0, 0.1) is 0 Å². The summed E-state index contributed by atoms with van der Waals surface area (Å²) in [5.74, 6) is -0.389. The first kappa shape index (κ1) is 15.7. The third-order valence-corrected chi connectivity index (χ3v) is 5.22. The Kier molecular flexibility index (Phi) is 4.17. The average Bonchev–Trinajstić information content (AvgIpc) is 2.89. The maximum absolute atomic E-state index is 12.8. The largest absolute Gasteiger partial charge is 0.462 e. The van der Waals surface area contributed by atoms with Gasteiger partial charge in [-0.05, 0) is 26.0 Å². The minimum atomic E-state index is -0.340. The van der Waals surface area contributed by atoms with Crippen LogP contribution >= 0.6 is 11.8 Å². The summed E-state index contributed by atoms with van der Waals surface area (Å²) in [5.41, 5.74) is 1.99. The van der Waals surface area contributed by atoms with Gasteiger partial charge in [-0.1, -0.05) is 30.0 Å². The Morgan fingerprint density at radius 3 is 2.87 bits per heavy atom. The molecule has 1 amide bonds. The van der Waals surface area contributed by atoms with Gasteiger partial charge in [-0.25, -0.2) is 4.79 Å². The summed E-state index contributed by atoms with van der Waals surface area (Å²) in [5, 5.41) is 0. The molecule has 2 heterocycles. The fourth-order valence-corrected chi connectivity index (χ4v) is 4.17. The third kappa shape index (κ3) is 2.43. The fourth-order valence-electron chi connectivity index (χ4n) is 2.85. The lowest BCUT2D eigenvalue weighted by atomic mass is 10.1. The van der Waals surface area contributed by atoms with Crippen molar-refractivity contribution in [3.8, 4) is 0 Å². The van der Waals surface area contributed by atoms with E-state index in [2.05, 4.69) is 6.58 Å². The Morgan fingerprint density at radius 1 is 1.43 bits per heavy atom. The number of ether oxygens (including phenoxy) is 1. The zero-order valence-corrected chi connectivity index (χ0v) is 13.9. The number of fused-ring (bicyclic) bond motifs is 3. The highest BCUT2D eigenvalue weighted by Gasteiger charge is 2.45. The number of carbonyl (C=O) groups excluding carboxylic acids is 2. The Bertz CT molecular complexity index is 714. The highest BCUT2D eigenvalue weighted by atomic mass is 32.2. The number of rotatable bonds is 4. The average molecular weight is 330 g/mol. The molecule has 0 N–H and O–H groups in total. The lowest BCUT2D eigenvalue weighted by Gasteiger charge is -2.41. The zero-order chi connectivity index (χ0) is 16.6. The normalized spacial score (nSPS) is 19.6. The summed E-state index contributed by atoms with van der Waals surface area (Å²) in [6.07, 6.45) is 1.70. The molecule has 23 heavy (non-hydrogen) atoms. The van der Waals surface area contributed by atoms with Gasteiger partial charge in [0, 0.05) is 12.2 Å². The molecule has 2 aliphatic rings. The van der Waals surface area contributed by atoms with Crippen LogP contribution in [0.25, 0.3) is 0 Å². The number of benzene rings is 1. The number of amides is 1. The Balaban J connectivity index is 2.09. The molecule has 6 heteroatoms. The molecule has 1 atom stereocenters. The molecule has 1 aromatic rings. The molecule has 1 aromatic carbocycles. The van der Waals surface area contributed by atoms with Crippen molar-refractivity contribution in [2.24, 2.45) is 0 Å². The maximum atomic E-state index is 12.8. The van der Waals surface area contributed by atoms with Crippen molar-refractivity contribution < 1.29 is 14.3 Å². The molecule has 2 aliphatic heterocycles. The van der Waals surface area contributed by atoms with Gasteiger partial charge in [0.25, 0.3) is 5.91 Å². The predicted octanol–water partition coefficient (Wildman–Crippen LogP) is 2.96. The van der Waals surface area contributed by atoms with Crippen molar-refractivity contribution in [2.75, 3.05) is 18.1 Å². The van der Waals surface area contributed by atoms with Crippen molar-refractivity contribution in [1.29, 1.82) is 0 Å². The Morgan fingerprint density at radius 2 is 2.17 bits per heavy atom. The molecule has 0 aliphatic carbocycles. The second-order valence-corrected chi connectivity index (χ2v) is 6.28. The summed E-state index contributed by atoms with van der Waals surface area (Å²) in [6.45, 7) is 8.15. The first-order valence-electron chi connectivity index (χ1n) is 7.45. The van der Waals surface area contributed by atoms with Crippen LogP contribution in [0.4, 0.5) is 5.69 Å². The number of para-hydroxylation sites is 1. The topological polar surface area (TPSA) is 49.9 Å². The standard InChI is InChI=1S/C17H18N2O3S/c1-4-10-18-15(20)12-8-6-7-9-13(12)19-11(3)14(23-17(18)19)16(21)22-5-2/h4,6-9,17H,1,5,10H2,2-3H3. The molecule has 0 radical (unpaired) electrons. The van der Waals surface area contributed by atoms with Gasteiger partial charge in [0.2, 0.25) is 0 Å². The second-order valence-electron chi connectivity index (χ2n) is 5.21. The fraction of sp³-hybridized carbons (Fsp3) is 0.294. The number of hydrogen-bond donors (Lipinski definition) is 0. The number of nitrogens with zero attached hydrogens (tertiary/aromatic N) is 2. The van der Waals surface area contributed by atoms with Gasteiger partial charge in [-0.3, -0.25) is 4.79 Å². The summed E-state index contributed by atoms with van der Waals surface area (Å²) in [6, 6.07) is 7.46. The number of hydrogen-bond acceptors (Lipinski definition) is 5. The molecule has 0 spiro atoms. The van der Waals surface area contributed by atoms with E-state index in [9.17, 15) is 9.59 Å². The van der Waals surface area contributed by atoms with E-state index in [1.54, 1.807) is 17.9 Å². The molecular formula is C17H18N2O3S. The van der Waals surface area contributed by atoms with Gasteiger partial charge in [0.05, 0.1) is 17.9 Å². The molecule has 0 bridgehead atoms. The lowest BCUT2D eigenvalue weighted by molar-refractivity contribution is -0.137. The van der Waals surface area contributed by atoms with E-state index in [0.717, 1.165) is 11.4 Å². The molecule has 5 nitrogen and oxygen atoms in total. The van der Waals surface area contributed by atoms with E-state index >= 15 is 0 Å². The number of anilines is 1. The first-order chi connectivity index (χ1) is 11.1. The number of allylic oxidation sites excluding steroid dienone is 1. The Labute approximate surface area is 139 Å². The van der Waals surface area contributed by atoms with Crippen LogP contribution < -0.4 is 4.90 Å². The zero-order valence-electron chi connectivity index (χ0n) is 13.1. The smallest absolute Gasteiger partial charge is 0.346 e. The van der Waals surface area contributed by atoms with E-state index in [0.29, 0.717) is 23.6 Å². The highest BCUT2D eigenvalue weighted by Crippen LogP contribution is 2.47. The maximum Gasteiger partial charge on any atom is 0.346 e. The van der Waals surface area contributed by atoms with Gasteiger partial charge >= 0.3 is 5.97 Å². The van der Waals surface area contributed by atoms with Crippen LogP contribution in [0.2, 0.25) is 0 Å². The van der Waals surface area contributed by atoms with Crippen molar-refractivity contribution in [3.63, 3.8) is 0 Å². The summed E-state index contributed by atoms with van der Waals surface area (Å²) in [4.78, 5) is 29.3. The highest BCUT2D eigenvalue weighted by molar-refractivity contribution is 8.05. The van der Waals surface area contributed by atoms with E-state index in [-0.39, 0.29) is 17.4 Å². The van der Waals surface area contributed by atoms with Crippen LogP contribution in [0.3, 0.4) is 0 Å². The summed E-state index contributed by atoms with van der Waals surface area (Å²) in [7, 11) is 0. The van der Waals surface area contributed by atoms with E-state index in [4.69, 9.17) is 4.74 Å².